The van der Waals surface area contributed by atoms with Crippen LogP contribution in [-0.4, -0.2) is 18.8 Å². The first-order valence-electron chi connectivity index (χ1n) is 9.02. The van der Waals surface area contributed by atoms with Crippen LogP contribution in [0.4, 0.5) is 5.69 Å². The first kappa shape index (κ1) is 19.1. The van der Waals surface area contributed by atoms with E-state index in [0.29, 0.717) is 6.54 Å². The first-order valence-corrected chi connectivity index (χ1v) is 9.84. The lowest BCUT2D eigenvalue weighted by Gasteiger charge is -2.13. The van der Waals surface area contributed by atoms with Gasteiger partial charge >= 0.3 is 0 Å². The molecule has 3 rings (SSSR count). The second-order valence-electron chi connectivity index (χ2n) is 6.32. The minimum absolute atomic E-state index is 0.135. The van der Waals surface area contributed by atoms with E-state index >= 15 is 0 Å². The fourth-order valence-corrected chi connectivity index (χ4v) is 3.93. The predicted octanol–water partition coefficient (Wildman–Crippen LogP) is 4.79. The molecule has 0 amide bonds. The molecule has 0 aliphatic heterocycles. The molecular weight excluding hydrogens is 352 g/mol. The monoisotopic (exact) mass is 377 g/mol. The molecule has 0 aliphatic carbocycles. The third kappa shape index (κ3) is 4.94. The molecule has 0 aliphatic rings. The van der Waals surface area contributed by atoms with Crippen LogP contribution in [0.3, 0.4) is 0 Å². The highest BCUT2D eigenvalue weighted by Gasteiger charge is 2.16. The van der Waals surface area contributed by atoms with Gasteiger partial charge in [0.1, 0.15) is 11.3 Å². The maximum absolute atomic E-state index is 9.39. The Bertz CT molecular complexity index is 970. The minimum atomic E-state index is 0.135. The van der Waals surface area contributed by atoms with Crippen molar-refractivity contribution in [2.45, 2.75) is 13.5 Å². The summed E-state index contributed by atoms with van der Waals surface area (Å²) in [5, 5.41) is 10.5. The topological polar surface area (TPSA) is 27.4 Å². The van der Waals surface area contributed by atoms with Crippen LogP contribution >= 0.6 is 11.3 Å². The van der Waals surface area contributed by atoms with E-state index in [-0.39, 0.29) is 6.61 Å². The van der Waals surface area contributed by atoms with Crippen molar-refractivity contribution in [1.82, 2.24) is 0 Å². The van der Waals surface area contributed by atoms with Gasteiger partial charge in [0.15, 0.2) is 6.54 Å². The largest absolute Gasteiger partial charge is 0.390 e. The quantitative estimate of drug-likeness (QED) is 0.473. The summed E-state index contributed by atoms with van der Waals surface area (Å²) in [6.45, 7) is 2.83. The average molecular weight is 378 g/mol. The molecule has 0 bridgehead atoms. The summed E-state index contributed by atoms with van der Waals surface area (Å²) in [5.41, 5.74) is 3.50. The van der Waals surface area contributed by atoms with E-state index in [0.717, 1.165) is 10.7 Å². The molecule has 0 radical (unpaired) electrons. The first-order chi connectivity index (χ1) is 13.2. The molecular formula is C23H25N2OS+. The Morgan fingerprint density at radius 3 is 2.63 bits per heavy atom. The van der Waals surface area contributed by atoms with Crippen molar-refractivity contribution in [3.05, 3.63) is 89.6 Å². The summed E-state index contributed by atoms with van der Waals surface area (Å²) in [5.74, 6) is 0. The zero-order valence-electron chi connectivity index (χ0n) is 15.7. The molecule has 0 atom stereocenters. The molecule has 3 nitrogen and oxygen atoms in total. The van der Waals surface area contributed by atoms with E-state index in [9.17, 15) is 5.11 Å². The number of anilines is 1. The molecule has 2 aromatic carbocycles. The van der Waals surface area contributed by atoms with Gasteiger partial charge in [-0.25, -0.2) is 0 Å². The van der Waals surface area contributed by atoms with E-state index < -0.39 is 0 Å². The van der Waals surface area contributed by atoms with Crippen molar-refractivity contribution < 1.29 is 9.67 Å². The number of benzene rings is 2. The number of aliphatic hydroxyl groups excluding tert-OH is 1. The van der Waals surface area contributed by atoms with Crippen molar-refractivity contribution in [3.63, 3.8) is 0 Å². The van der Waals surface area contributed by atoms with Gasteiger partial charge in [-0.05, 0) is 36.8 Å². The number of hydrogen-bond donors (Lipinski definition) is 1. The van der Waals surface area contributed by atoms with Crippen LogP contribution in [0, 0.1) is 0 Å². The van der Waals surface area contributed by atoms with E-state index in [2.05, 4.69) is 71.2 Å². The molecule has 0 fully saturated rings. The van der Waals surface area contributed by atoms with Gasteiger partial charge in [0.05, 0.1) is 0 Å². The number of allylic oxidation sites excluding steroid dienone is 4. The van der Waals surface area contributed by atoms with Crippen molar-refractivity contribution in [1.29, 1.82) is 0 Å². The predicted molar refractivity (Wildman–Crippen MR) is 116 cm³/mol. The Balaban J connectivity index is 1.73. The molecule has 3 aromatic rings. The van der Waals surface area contributed by atoms with Crippen LogP contribution in [-0.2, 0) is 6.54 Å². The number of aliphatic hydroxyl groups is 1. The molecule has 0 unspecified atom stereocenters. The Labute approximate surface area is 164 Å². The number of nitrogens with zero attached hydrogens (tertiary/aromatic N) is 2. The fraction of sp³-hybridized carbons (Fsp3) is 0.174. The molecule has 0 spiro atoms. The number of fused-ring (bicyclic) bond motifs is 1. The van der Waals surface area contributed by atoms with E-state index in [4.69, 9.17) is 0 Å². The van der Waals surface area contributed by atoms with Crippen LogP contribution in [0.25, 0.3) is 16.3 Å². The van der Waals surface area contributed by atoms with Crippen molar-refractivity contribution in [2.75, 3.05) is 18.6 Å². The summed E-state index contributed by atoms with van der Waals surface area (Å²) >= 11 is 1.74. The highest BCUT2D eigenvalue weighted by molar-refractivity contribution is 7.18. The number of hydrogen-bond acceptors (Lipinski definition) is 3. The third-order valence-corrected chi connectivity index (χ3v) is 5.41. The summed E-state index contributed by atoms with van der Waals surface area (Å²) in [4.78, 5) is 2.10. The molecule has 0 saturated carbocycles. The van der Waals surface area contributed by atoms with Crippen LogP contribution < -0.4 is 9.47 Å². The van der Waals surface area contributed by atoms with Gasteiger partial charge in [-0.1, -0.05) is 53.8 Å². The molecule has 138 valence electrons. The van der Waals surface area contributed by atoms with Crippen molar-refractivity contribution >= 4 is 33.3 Å². The standard InChI is InChI=1S/C23H25N2OS/c1-19(15-16-24(2)20-10-4-3-5-11-20)9-8-14-23-25(17-18-26)21-12-6-7-13-22(21)27-23/h3-16,26H,17-18H2,1-2H3/q+1. The van der Waals surface area contributed by atoms with Crippen molar-refractivity contribution in [2.24, 2.45) is 0 Å². The Hall–Kier alpha value is -2.69. The van der Waals surface area contributed by atoms with Gasteiger partial charge in [0.25, 0.3) is 5.01 Å². The lowest BCUT2D eigenvalue weighted by molar-refractivity contribution is -0.670. The molecule has 1 heterocycles. The van der Waals surface area contributed by atoms with E-state index in [1.165, 1.54) is 15.8 Å². The van der Waals surface area contributed by atoms with Crippen LogP contribution in [0.15, 0.2) is 84.6 Å². The lowest BCUT2D eigenvalue weighted by atomic mass is 10.2. The van der Waals surface area contributed by atoms with Crippen molar-refractivity contribution in [3.8, 4) is 0 Å². The smallest absolute Gasteiger partial charge is 0.262 e. The average Bonchev–Trinajstić information content (AvgIpc) is 3.05. The van der Waals surface area contributed by atoms with Crippen LogP contribution in [0.1, 0.15) is 11.9 Å². The molecule has 27 heavy (non-hydrogen) atoms. The Morgan fingerprint density at radius 2 is 1.85 bits per heavy atom. The lowest BCUT2D eigenvalue weighted by Crippen LogP contribution is -2.36. The molecule has 1 N–H and O–H groups in total. The maximum Gasteiger partial charge on any atom is 0.262 e. The van der Waals surface area contributed by atoms with Gasteiger partial charge in [-0.3, -0.25) is 0 Å². The number of aromatic nitrogens is 1. The Kier molecular flexibility index (Phi) is 6.58. The summed E-state index contributed by atoms with van der Waals surface area (Å²) in [6, 6.07) is 18.6. The van der Waals surface area contributed by atoms with Gasteiger partial charge in [-0.15, -0.1) is 0 Å². The third-order valence-electron chi connectivity index (χ3n) is 4.28. The molecule has 1 aromatic heterocycles. The zero-order chi connectivity index (χ0) is 19.1. The highest BCUT2D eigenvalue weighted by Crippen LogP contribution is 2.21. The fourth-order valence-electron chi connectivity index (χ4n) is 2.82. The van der Waals surface area contributed by atoms with Gasteiger partial charge < -0.3 is 10.0 Å². The van der Waals surface area contributed by atoms with Gasteiger partial charge in [0.2, 0.25) is 5.52 Å². The number of rotatable bonds is 7. The normalized spacial score (nSPS) is 12.5. The number of thiazole rings is 1. The maximum atomic E-state index is 9.39. The second kappa shape index (κ2) is 9.31. The van der Waals surface area contributed by atoms with Crippen LogP contribution in [0.5, 0.6) is 0 Å². The zero-order valence-corrected chi connectivity index (χ0v) is 16.6. The Morgan fingerprint density at radius 1 is 1.11 bits per heavy atom. The highest BCUT2D eigenvalue weighted by atomic mass is 32.1. The van der Waals surface area contributed by atoms with E-state index in [1.54, 1.807) is 11.3 Å². The number of para-hydroxylation sites is 2. The van der Waals surface area contributed by atoms with E-state index in [1.807, 2.05) is 37.4 Å². The van der Waals surface area contributed by atoms with Gasteiger partial charge in [-0.2, -0.15) is 4.57 Å². The minimum Gasteiger partial charge on any atom is -0.390 e. The molecule has 4 heteroatoms. The second-order valence-corrected chi connectivity index (χ2v) is 7.38. The summed E-state index contributed by atoms with van der Waals surface area (Å²) in [7, 11) is 2.05. The van der Waals surface area contributed by atoms with Crippen LogP contribution in [0.2, 0.25) is 0 Å². The van der Waals surface area contributed by atoms with Gasteiger partial charge in [0, 0.05) is 31.1 Å². The molecule has 0 saturated heterocycles. The SMILES string of the molecule is CC(/C=C/N(C)c1ccccc1)=C\C=C\c1sc2ccccc2[n+]1CCO. The summed E-state index contributed by atoms with van der Waals surface area (Å²) in [6.07, 6.45) is 10.5. The summed E-state index contributed by atoms with van der Waals surface area (Å²) < 4.78 is 3.40.